The van der Waals surface area contributed by atoms with Crippen molar-refractivity contribution in [2.45, 2.75) is 12.5 Å². The normalized spacial score (nSPS) is 24.8. The molecule has 1 aromatic rings. The van der Waals surface area contributed by atoms with Gasteiger partial charge in [0.2, 0.25) is 0 Å². The Morgan fingerprint density at radius 3 is 2.50 bits per heavy atom. The van der Waals surface area contributed by atoms with Gasteiger partial charge in [0.05, 0.1) is 12.3 Å². The SMILES string of the molecule is CC1=NN(C)CC1(NO)c1ccc(Cl)cc1. The topological polar surface area (TPSA) is 47.9 Å². The van der Waals surface area contributed by atoms with Crippen LogP contribution in [0.4, 0.5) is 0 Å². The number of nitrogens with one attached hydrogen (secondary N) is 1. The molecule has 2 N–H and O–H groups in total. The summed E-state index contributed by atoms with van der Waals surface area (Å²) in [6, 6.07) is 7.40. The van der Waals surface area contributed by atoms with Gasteiger partial charge in [-0.25, -0.2) is 0 Å². The minimum atomic E-state index is -0.626. The van der Waals surface area contributed by atoms with E-state index >= 15 is 0 Å². The molecule has 5 heteroatoms. The van der Waals surface area contributed by atoms with Crippen LogP contribution >= 0.6 is 11.6 Å². The molecule has 0 aliphatic carbocycles. The summed E-state index contributed by atoms with van der Waals surface area (Å²) in [5, 5.41) is 16.2. The summed E-state index contributed by atoms with van der Waals surface area (Å²) in [5.74, 6) is 0. The van der Waals surface area contributed by atoms with E-state index in [0.29, 0.717) is 11.6 Å². The highest BCUT2D eigenvalue weighted by Crippen LogP contribution is 2.29. The summed E-state index contributed by atoms with van der Waals surface area (Å²) in [6.07, 6.45) is 0. The molecule has 1 aliphatic heterocycles. The van der Waals surface area contributed by atoms with Crippen LogP contribution in [0.25, 0.3) is 0 Å². The molecule has 86 valence electrons. The van der Waals surface area contributed by atoms with Crippen LogP contribution in [0.1, 0.15) is 12.5 Å². The lowest BCUT2D eigenvalue weighted by molar-refractivity contribution is 0.0884. The number of halogens is 1. The summed E-state index contributed by atoms with van der Waals surface area (Å²) in [7, 11) is 1.87. The van der Waals surface area contributed by atoms with Gasteiger partial charge in [-0.3, -0.25) is 5.01 Å². The van der Waals surface area contributed by atoms with E-state index in [1.165, 1.54) is 0 Å². The van der Waals surface area contributed by atoms with Crippen molar-refractivity contribution < 1.29 is 5.21 Å². The maximum atomic E-state index is 9.44. The van der Waals surface area contributed by atoms with Crippen LogP contribution in [0.5, 0.6) is 0 Å². The summed E-state index contributed by atoms with van der Waals surface area (Å²) < 4.78 is 0. The first-order valence-corrected chi connectivity index (χ1v) is 5.40. The molecule has 0 radical (unpaired) electrons. The Hall–Kier alpha value is -1.10. The van der Waals surface area contributed by atoms with Crippen LogP contribution in [-0.4, -0.2) is 29.5 Å². The van der Waals surface area contributed by atoms with E-state index in [4.69, 9.17) is 11.6 Å². The van der Waals surface area contributed by atoms with Crippen molar-refractivity contribution in [3.63, 3.8) is 0 Å². The zero-order valence-corrected chi connectivity index (χ0v) is 9.99. The highest BCUT2D eigenvalue weighted by molar-refractivity contribution is 6.30. The third-order valence-corrected chi connectivity index (χ3v) is 3.18. The standard InChI is InChI=1S/C11H14ClN3O/c1-8-11(14-16,7-15(2)13-8)9-3-5-10(12)6-4-9/h3-6,14,16H,7H2,1-2H3. The second-order valence-electron chi connectivity index (χ2n) is 4.03. The number of likely N-dealkylation sites (N-methyl/N-ethyl adjacent to an activating group) is 1. The van der Waals surface area contributed by atoms with Crippen LogP contribution in [0.3, 0.4) is 0 Å². The highest BCUT2D eigenvalue weighted by atomic mass is 35.5. The molecular formula is C11H14ClN3O. The Bertz CT molecular complexity index is 418. The highest BCUT2D eigenvalue weighted by Gasteiger charge is 2.40. The Kier molecular flexibility index (Phi) is 2.88. The van der Waals surface area contributed by atoms with Gasteiger partial charge in [-0.2, -0.15) is 10.6 Å². The van der Waals surface area contributed by atoms with Gasteiger partial charge in [-0.15, -0.1) is 0 Å². The van der Waals surface area contributed by atoms with E-state index in [0.717, 1.165) is 11.3 Å². The van der Waals surface area contributed by atoms with Gasteiger partial charge in [0, 0.05) is 12.1 Å². The molecule has 2 rings (SSSR count). The third-order valence-electron chi connectivity index (χ3n) is 2.93. The van der Waals surface area contributed by atoms with E-state index in [1.807, 2.05) is 38.2 Å². The van der Waals surface area contributed by atoms with Crippen molar-refractivity contribution in [1.29, 1.82) is 0 Å². The molecule has 0 aromatic heterocycles. The number of hydroxylamine groups is 1. The minimum absolute atomic E-state index is 0.594. The lowest BCUT2D eigenvalue weighted by Crippen LogP contribution is -2.48. The fourth-order valence-corrected chi connectivity index (χ4v) is 2.18. The zero-order chi connectivity index (χ0) is 11.8. The Morgan fingerprint density at radius 1 is 1.44 bits per heavy atom. The molecule has 0 fully saturated rings. The van der Waals surface area contributed by atoms with Gasteiger partial charge < -0.3 is 5.21 Å². The van der Waals surface area contributed by atoms with Crippen molar-refractivity contribution in [1.82, 2.24) is 10.5 Å². The summed E-state index contributed by atoms with van der Waals surface area (Å²) in [4.78, 5) is 0. The number of rotatable bonds is 2. The second-order valence-corrected chi connectivity index (χ2v) is 4.46. The molecule has 16 heavy (non-hydrogen) atoms. The van der Waals surface area contributed by atoms with E-state index in [1.54, 1.807) is 5.01 Å². The molecule has 0 bridgehead atoms. The van der Waals surface area contributed by atoms with Gasteiger partial charge in [0.15, 0.2) is 0 Å². The van der Waals surface area contributed by atoms with Crippen LogP contribution in [0.15, 0.2) is 29.4 Å². The lowest BCUT2D eigenvalue weighted by atomic mass is 9.87. The smallest absolute Gasteiger partial charge is 0.126 e. The Labute approximate surface area is 99.5 Å². The maximum absolute atomic E-state index is 9.44. The maximum Gasteiger partial charge on any atom is 0.126 e. The van der Waals surface area contributed by atoms with Crippen LogP contribution < -0.4 is 5.48 Å². The summed E-state index contributed by atoms with van der Waals surface area (Å²) >= 11 is 5.85. The van der Waals surface area contributed by atoms with Gasteiger partial charge in [-0.1, -0.05) is 23.7 Å². The van der Waals surface area contributed by atoms with Gasteiger partial charge in [0.1, 0.15) is 5.54 Å². The molecule has 1 atom stereocenters. The molecule has 0 spiro atoms. The van der Waals surface area contributed by atoms with E-state index in [9.17, 15) is 5.21 Å². The van der Waals surface area contributed by atoms with E-state index < -0.39 is 5.54 Å². The number of hydrazone groups is 1. The number of hydrogen-bond acceptors (Lipinski definition) is 4. The predicted octanol–water partition coefficient (Wildman–Crippen LogP) is 1.84. The van der Waals surface area contributed by atoms with Crippen LogP contribution in [0.2, 0.25) is 5.02 Å². The molecule has 1 aliphatic rings. The summed E-state index contributed by atoms with van der Waals surface area (Å²) in [5.41, 5.74) is 3.53. The molecule has 1 heterocycles. The van der Waals surface area contributed by atoms with Crippen molar-refractivity contribution in [2.24, 2.45) is 5.10 Å². The Balaban J connectivity index is 2.43. The molecular weight excluding hydrogens is 226 g/mol. The van der Waals surface area contributed by atoms with Crippen molar-refractivity contribution in [3.05, 3.63) is 34.9 Å². The van der Waals surface area contributed by atoms with Gasteiger partial charge in [-0.05, 0) is 24.6 Å². The number of benzene rings is 1. The predicted molar refractivity (Wildman–Crippen MR) is 63.8 cm³/mol. The fraction of sp³-hybridized carbons (Fsp3) is 0.364. The first kappa shape index (κ1) is 11.4. The van der Waals surface area contributed by atoms with Gasteiger partial charge in [0.25, 0.3) is 0 Å². The van der Waals surface area contributed by atoms with Gasteiger partial charge >= 0.3 is 0 Å². The Morgan fingerprint density at radius 2 is 2.06 bits per heavy atom. The minimum Gasteiger partial charge on any atom is -0.315 e. The molecule has 4 nitrogen and oxygen atoms in total. The summed E-state index contributed by atoms with van der Waals surface area (Å²) in [6.45, 7) is 2.48. The second kappa shape index (κ2) is 4.05. The zero-order valence-electron chi connectivity index (χ0n) is 9.24. The number of nitrogens with zero attached hydrogens (tertiary/aromatic N) is 2. The van der Waals surface area contributed by atoms with Crippen molar-refractivity contribution in [2.75, 3.05) is 13.6 Å². The fourth-order valence-electron chi connectivity index (χ4n) is 2.05. The first-order valence-electron chi connectivity index (χ1n) is 5.02. The van der Waals surface area contributed by atoms with E-state index in [2.05, 4.69) is 10.6 Å². The average molecular weight is 240 g/mol. The lowest BCUT2D eigenvalue weighted by Gasteiger charge is -2.28. The van der Waals surface area contributed by atoms with Crippen LogP contribution in [0, 0.1) is 0 Å². The molecule has 0 saturated carbocycles. The van der Waals surface area contributed by atoms with Crippen molar-refractivity contribution >= 4 is 17.3 Å². The van der Waals surface area contributed by atoms with Crippen LogP contribution in [-0.2, 0) is 5.54 Å². The largest absolute Gasteiger partial charge is 0.315 e. The average Bonchev–Trinajstić information content (AvgIpc) is 2.55. The van der Waals surface area contributed by atoms with Crippen molar-refractivity contribution in [3.8, 4) is 0 Å². The third kappa shape index (κ3) is 1.69. The molecule has 0 amide bonds. The molecule has 1 unspecified atom stereocenters. The monoisotopic (exact) mass is 239 g/mol. The molecule has 0 saturated heterocycles. The quantitative estimate of drug-likeness (QED) is 0.775. The first-order chi connectivity index (χ1) is 7.58. The van der Waals surface area contributed by atoms with E-state index in [-0.39, 0.29) is 0 Å². The molecule has 1 aromatic carbocycles. The number of hydrogen-bond donors (Lipinski definition) is 2.